The fourth-order valence-electron chi connectivity index (χ4n) is 1.69. The average Bonchev–Trinajstić information content (AvgIpc) is 2.04. The molecule has 0 aromatic carbocycles. The molecule has 0 amide bonds. The number of methoxy groups -OCH3 is 1. The summed E-state index contributed by atoms with van der Waals surface area (Å²) in [5.41, 5.74) is 1.01. The predicted octanol–water partition coefficient (Wildman–Crippen LogP) is 2.23. The molecule has 0 rings (SSSR count). The zero-order valence-corrected chi connectivity index (χ0v) is 9.37. The lowest BCUT2D eigenvalue weighted by Gasteiger charge is -2.24. The van der Waals surface area contributed by atoms with Crippen LogP contribution in [0.15, 0.2) is 11.6 Å². The smallest absolute Gasteiger partial charge is 0.0654 e. The van der Waals surface area contributed by atoms with E-state index in [9.17, 15) is 0 Å². The van der Waals surface area contributed by atoms with Crippen molar-refractivity contribution in [1.29, 1.82) is 0 Å². The van der Waals surface area contributed by atoms with Gasteiger partial charge in [0.2, 0.25) is 0 Å². The Kier molecular flexibility index (Phi) is 6.00. The molecule has 0 bridgehead atoms. The van der Waals surface area contributed by atoms with Crippen LogP contribution in [-0.4, -0.2) is 24.9 Å². The summed E-state index contributed by atoms with van der Waals surface area (Å²) in [4.78, 5) is 0. The summed E-state index contributed by atoms with van der Waals surface area (Å²) in [5, 5.41) is 8.87. The standard InChI is InChI=1S/C11H22O2/c1-8(2)11(13-5)10(4)6-9(3)7-12/h6,8,10-12H,7H2,1-5H3/b9-6+/t10-,11-/m1/s1. The van der Waals surface area contributed by atoms with E-state index in [0.717, 1.165) is 5.57 Å². The number of hydrogen-bond donors (Lipinski definition) is 1. The Balaban J connectivity index is 4.29. The molecule has 0 saturated heterocycles. The first-order valence-electron chi connectivity index (χ1n) is 4.83. The van der Waals surface area contributed by atoms with Gasteiger partial charge in [-0.15, -0.1) is 0 Å². The summed E-state index contributed by atoms with van der Waals surface area (Å²) < 4.78 is 5.39. The summed E-state index contributed by atoms with van der Waals surface area (Å²) in [6, 6.07) is 0. The molecule has 0 aromatic rings. The van der Waals surface area contributed by atoms with Gasteiger partial charge in [-0.2, -0.15) is 0 Å². The van der Waals surface area contributed by atoms with Crippen LogP contribution in [0.1, 0.15) is 27.7 Å². The second kappa shape index (κ2) is 6.17. The van der Waals surface area contributed by atoms with Crippen LogP contribution in [0, 0.1) is 11.8 Å². The Morgan fingerprint density at radius 3 is 2.23 bits per heavy atom. The summed E-state index contributed by atoms with van der Waals surface area (Å²) in [6.07, 6.45) is 2.32. The molecule has 1 N–H and O–H groups in total. The molecule has 0 fully saturated rings. The van der Waals surface area contributed by atoms with Gasteiger partial charge in [-0.25, -0.2) is 0 Å². The van der Waals surface area contributed by atoms with Crippen molar-refractivity contribution in [3.05, 3.63) is 11.6 Å². The molecule has 78 valence electrons. The number of hydrogen-bond acceptors (Lipinski definition) is 2. The lowest BCUT2D eigenvalue weighted by atomic mass is 9.93. The van der Waals surface area contributed by atoms with E-state index in [1.165, 1.54) is 0 Å². The lowest BCUT2D eigenvalue weighted by Crippen LogP contribution is -2.25. The van der Waals surface area contributed by atoms with E-state index in [2.05, 4.69) is 26.8 Å². The average molecular weight is 186 g/mol. The molecular formula is C11H22O2. The van der Waals surface area contributed by atoms with E-state index in [1.807, 2.05) is 6.92 Å². The highest BCUT2D eigenvalue weighted by atomic mass is 16.5. The van der Waals surface area contributed by atoms with Gasteiger partial charge in [0, 0.05) is 13.0 Å². The maximum Gasteiger partial charge on any atom is 0.0654 e. The van der Waals surface area contributed by atoms with E-state index in [4.69, 9.17) is 9.84 Å². The molecule has 13 heavy (non-hydrogen) atoms. The van der Waals surface area contributed by atoms with Gasteiger partial charge >= 0.3 is 0 Å². The van der Waals surface area contributed by atoms with Crippen molar-refractivity contribution in [2.45, 2.75) is 33.8 Å². The molecule has 0 aliphatic carbocycles. The fourth-order valence-corrected chi connectivity index (χ4v) is 1.69. The molecule has 0 aliphatic rings. The van der Waals surface area contributed by atoms with Gasteiger partial charge in [-0.05, 0) is 12.8 Å². The number of aliphatic hydroxyl groups excluding tert-OH is 1. The number of ether oxygens (including phenoxy) is 1. The number of aliphatic hydroxyl groups is 1. The van der Waals surface area contributed by atoms with Gasteiger partial charge in [-0.1, -0.05) is 32.4 Å². The molecule has 2 atom stereocenters. The van der Waals surface area contributed by atoms with Crippen molar-refractivity contribution in [3.8, 4) is 0 Å². The molecule has 2 nitrogen and oxygen atoms in total. The van der Waals surface area contributed by atoms with Crippen molar-refractivity contribution in [2.75, 3.05) is 13.7 Å². The van der Waals surface area contributed by atoms with E-state index < -0.39 is 0 Å². The van der Waals surface area contributed by atoms with Crippen LogP contribution in [0.5, 0.6) is 0 Å². The van der Waals surface area contributed by atoms with Crippen molar-refractivity contribution in [1.82, 2.24) is 0 Å². The number of rotatable bonds is 5. The Bertz CT molecular complexity index is 161. The van der Waals surface area contributed by atoms with Crippen molar-refractivity contribution < 1.29 is 9.84 Å². The van der Waals surface area contributed by atoms with Crippen molar-refractivity contribution in [3.63, 3.8) is 0 Å². The van der Waals surface area contributed by atoms with Gasteiger partial charge < -0.3 is 9.84 Å². The normalized spacial score (nSPS) is 17.6. The minimum absolute atomic E-state index is 0.138. The minimum atomic E-state index is 0.138. The molecule has 0 saturated carbocycles. The molecule has 0 aliphatic heterocycles. The SMILES string of the molecule is CO[C@H](C(C)C)[C@H](C)/C=C(\C)CO. The Labute approximate surface area is 81.6 Å². The van der Waals surface area contributed by atoms with E-state index in [0.29, 0.717) is 11.8 Å². The highest BCUT2D eigenvalue weighted by molar-refractivity contribution is 5.02. The molecule has 0 radical (unpaired) electrons. The fraction of sp³-hybridized carbons (Fsp3) is 0.818. The van der Waals surface area contributed by atoms with Gasteiger partial charge in [-0.3, -0.25) is 0 Å². The third-order valence-electron chi connectivity index (χ3n) is 2.24. The van der Waals surface area contributed by atoms with Gasteiger partial charge in [0.1, 0.15) is 0 Å². The topological polar surface area (TPSA) is 29.5 Å². The largest absolute Gasteiger partial charge is 0.392 e. The maximum atomic E-state index is 8.87. The molecule has 2 heteroatoms. The quantitative estimate of drug-likeness (QED) is 0.667. The van der Waals surface area contributed by atoms with Gasteiger partial charge in [0.05, 0.1) is 12.7 Å². The second-order valence-electron chi connectivity index (χ2n) is 3.97. The summed E-state index contributed by atoms with van der Waals surface area (Å²) in [7, 11) is 1.74. The third-order valence-corrected chi connectivity index (χ3v) is 2.24. The van der Waals surface area contributed by atoms with Crippen LogP contribution >= 0.6 is 0 Å². The van der Waals surface area contributed by atoms with Crippen LogP contribution < -0.4 is 0 Å². The van der Waals surface area contributed by atoms with Gasteiger partial charge in [0.15, 0.2) is 0 Å². The monoisotopic (exact) mass is 186 g/mol. The Hall–Kier alpha value is -0.340. The molecule has 0 heterocycles. The van der Waals surface area contributed by atoms with E-state index in [1.54, 1.807) is 7.11 Å². The van der Waals surface area contributed by atoms with Crippen LogP contribution in [0.25, 0.3) is 0 Å². The first-order chi connectivity index (χ1) is 6.02. The van der Waals surface area contributed by atoms with Crippen molar-refractivity contribution in [2.24, 2.45) is 11.8 Å². The maximum absolute atomic E-state index is 8.87. The van der Waals surface area contributed by atoms with E-state index >= 15 is 0 Å². The van der Waals surface area contributed by atoms with Crippen LogP contribution in [-0.2, 0) is 4.74 Å². The summed E-state index contributed by atoms with van der Waals surface area (Å²) >= 11 is 0. The molecule has 0 aromatic heterocycles. The molecule has 0 unspecified atom stereocenters. The summed E-state index contributed by atoms with van der Waals surface area (Å²) in [6.45, 7) is 8.48. The minimum Gasteiger partial charge on any atom is -0.392 e. The Morgan fingerprint density at radius 2 is 1.92 bits per heavy atom. The van der Waals surface area contributed by atoms with Crippen molar-refractivity contribution >= 4 is 0 Å². The van der Waals surface area contributed by atoms with Gasteiger partial charge in [0.25, 0.3) is 0 Å². The Morgan fingerprint density at radius 1 is 1.38 bits per heavy atom. The third kappa shape index (κ3) is 4.44. The summed E-state index contributed by atoms with van der Waals surface area (Å²) in [5.74, 6) is 0.861. The van der Waals surface area contributed by atoms with Crippen LogP contribution in [0.3, 0.4) is 0 Å². The van der Waals surface area contributed by atoms with Crippen LogP contribution in [0.4, 0.5) is 0 Å². The molecule has 0 spiro atoms. The lowest BCUT2D eigenvalue weighted by molar-refractivity contribution is 0.0375. The van der Waals surface area contributed by atoms with Crippen LogP contribution in [0.2, 0.25) is 0 Å². The highest BCUT2D eigenvalue weighted by Crippen LogP contribution is 2.18. The zero-order chi connectivity index (χ0) is 10.4. The first kappa shape index (κ1) is 12.7. The predicted molar refractivity (Wildman–Crippen MR) is 55.6 cm³/mol. The second-order valence-corrected chi connectivity index (χ2v) is 3.97. The van der Waals surface area contributed by atoms with E-state index in [-0.39, 0.29) is 12.7 Å². The molecular weight excluding hydrogens is 164 g/mol. The highest BCUT2D eigenvalue weighted by Gasteiger charge is 2.18. The first-order valence-corrected chi connectivity index (χ1v) is 4.83. The zero-order valence-electron chi connectivity index (χ0n) is 9.37.